The molecule has 2 aromatic carbocycles. The number of hydrogen-bond acceptors (Lipinski definition) is 5. The van der Waals surface area contributed by atoms with Gasteiger partial charge < -0.3 is 15.1 Å². The van der Waals surface area contributed by atoms with Crippen LogP contribution in [-0.2, 0) is 4.79 Å². The summed E-state index contributed by atoms with van der Waals surface area (Å²) in [5.74, 6) is -0.867. The van der Waals surface area contributed by atoms with E-state index < -0.39 is 6.10 Å². The summed E-state index contributed by atoms with van der Waals surface area (Å²) in [5.41, 5.74) is 2.06. The minimum atomic E-state index is -1.29. The Balaban J connectivity index is 1.87. The van der Waals surface area contributed by atoms with Crippen molar-refractivity contribution in [2.24, 2.45) is 5.10 Å². The summed E-state index contributed by atoms with van der Waals surface area (Å²) >= 11 is 6.28. The Labute approximate surface area is 174 Å². The van der Waals surface area contributed by atoms with Crippen LogP contribution in [0.3, 0.4) is 0 Å². The molecule has 0 saturated carbocycles. The predicted molar refractivity (Wildman–Crippen MR) is 112 cm³/mol. The largest absolute Gasteiger partial charge is 0.507 e. The van der Waals surface area contributed by atoms with Crippen LogP contribution in [0, 0.1) is 0 Å². The summed E-state index contributed by atoms with van der Waals surface area (Å²) in [6.07, 6.45) is -0.0372. The van der Waals surface area contributed by atoms with E-state index in [4.69, 9.17) is 11.6 Å². The van der Waals surface area contributed by atoms with Gasteiger partial charge in [0.2, 0.25) is 0 Å². The quantitative estimate of drug-likeness (QED) is 0.810. The normalized spacial score (nSPS) is 22.7. The van der Waals surface area contributed by atoms with Crippen LogP contribution in [0.25, 0.3) is 0 Å². The Morgan fingerprint density at radius 3 is 2.59 bits per heavy atom. The molecule has 0 spiro atoms. The first-order valence-electron chi connectivity index (χ1n) is 9.55. The van der Waals surface area contributed by atoms with Crippen molar-refractivity contribution in [1.29, 1.82) is 0 Å². The number of halogens is 1. The first-order valence-corrected chi connectivity index (χ1v) is 9.93. The third kappa shape index (κ3) is 3.50. The van der Waals surface area contributed by atoms with E-state index in [1.165, 1.54) is 6.21 Å². The molecule has 2 aromatic rings. The number of hydrogen-bond donors (Lipinski definition) is 2. The van der Waals surface area contributed by atoms with Crippen molar-refractivity contribution < 1.29 is 15.0 Å². The number of aliphatic hydroxyl groups excluding tert-OH is 2. The average molecular weight is 412 g/mol. The molecule has 7 heteroatoms. The van der Waals surface area contributed by atoms with Crippen molar-refractivity contribution in [2.75, 3.05) is 13.1 Å². The van der Waals surface area contributed by atoms with Crippen molar-refractivity contribution in [2.45, 2.75) is 25.0 Å². The van der Waals surface area contributed by atoms with Crippen LogP contribution in [0.5, 0.6) is 0 Å². The summed E-state index contributed by atoms with van der Waals surface area (Å²) in [5, 5.41) is 27.0. The molecule has 1 unspecified atom stereocenters. The second-order valence-corrected chi connectivity index (χ2v) is 7.58. The topological polar surface area (TPSA) is 76.4 Å². The van der Waals surface area contributed by atoms with Crippen LogP contribution in [0.15, 0.2) is 71.2 Å². The molecule has 2 N–H and O–H groups in total. The number of hydrazone groups is 1. The van der Waals surface area contributed by atoms with Crippen LogP contribution in [-0.4, -0.2) is 57.5 Å². The first kappa shape index (κ1) is 19.5. The fourth-order valence-corrected chi connectivity index (χ4v) is 4.23. The Bertz CT molecular complexity index is 976. The van der Waals surface area contributed by atoms with E-state index >= 15 is 0 Å². The van der Waals surface area contributed by atoms with Gasteiger partial charge in [0.25, 0.3) is 5.91 Å². The summed E-state index contributed by atoms with van der Waals surface area (Å²) < 4.78 is 0. The van der Waals surface area contributed by atoms with Gasteiger partial charge in [-0.2, -0.15) is 5.10 Å². The molecule has 0 radical (unpaired) electrons. The van der Waals surface area contributed by atoms with Crippen molar-refractivity contribution in [3.8, 4) is 0 Å². The summed E-state index contributed by atoms with van der Waals surface area (Å²) in [4.78, 5) is 14.6. The van der Waals surface area contributed by atoms with Gasteiger partial charge in [-0.25, -0.2) is 0 Å². The smallest absolute Gasteiger partial charge is 0.275 e. The van der Waals surface area contributed by atoms with E-state index in [1.807, 2.05) is 61.5 Å². The molecule has 0 aliphatic carbocycles. The summed E-state index contributed by atoms with van der Waals surface area (Å²) in [6, 6.07) is 17.3. The number of likely N-dealkylation sites (N-methyl/N-ethyl adjacent to an activating group) is 1. The van der Waals surface area contributed by atoms with E-state index in [-0.39, 0.29) is 29.3 Å². The molecule has 3 atom stereocenters. The number of piperazine rings is 1. The molecular weight excluding hydrogens is 390 g/mol. The Morgan fingerprint density at radius 1 is 1.17 bits per heavy atom. The van der Waals surface area contributed by atoms with Crippen LogP contribution in [0.2, 0.25) is 5.02 Å². The monoisotopic (exact) mass is 411 g/mol. The van der Waals surface area contributed by atoms with Gasteiger partial charge in [0, 0.05) is 24.0 Å². The van der Waals surface area contributed by atoms with Gasteiger partial charge >= 0.3 is 0 Å². The van der Waals surface area contributed by atoms with Crippen LogP contribution in [0.4, 0.5) is 0 Å². The van der Waals surface area contributed by atoms with Gasteiger partial charge in [-0.15, -0.1) is 0 Å². The molecule has 1 amide bonds. The molecule has 2 aliphatic heterocycles. The molecule has 6 nitrogen and oxygen atoms in total. The SMILES string of the molecule is CCN1C[C@@H]([C@@H](c2ccccc2)c2cccc(Cl)c2)N2N=CC(O)C(O)=C2C1=O. The number of rotatable bonds is 4. The Kier molecular flexibility index (Phi) is 5.30. The summed E-state index contributed by atoms with van der Waals surface area (Å²) in [6.45, 7) is 2.80. The van der Waals surface area contributed by atoms with Gasteiger partial charge in [-0.05, 0) is 30.2 Å². The van der Waals surface area contributed by atoms with E-state index in [1.54, 1.807) is 9.91 Å². The van der Waals surface area contributed by atoms with E-state index in [0.717, 1.165) is 11.1 Å². The van der Waals surface area contributed by atoms with Crippen molar-refractivity contribution in [1.82, 2.24) is 9.91 Å². The second-order valence-electron chi connectivity index (χ2n) is 7.14. The third-order valence-electron chi connectivity index (χ3n) is 5.43. The number of carbonyl (C=O) groups excluding carboxylic acids is 1. The molecule has 29 heavy (non-hydrogen) atoms. The molecule has 0 bridgehead atoms. The van der Waals surface area contributed by atoms with Gasteiger partial charge in [-0.3, -0.25) is 9.80 Å². The number of fused-ring (bicyclic) bond motifs is 1. The van der Waals surface area contributed by atoms with Crippen LogP contribution < -0.4 is 0 Å². The van der Waals surface area contributed by atoms with Crippen molar-refractivity contribution >= 4 is 23.7 Å². The van der Waals surface area contributed by atoms with Gasteiger partial charge in [0.05, 0.1) is 12.3 Å². The number of nitrogens with zero attached hydrogens (tertiary/aromatic N) is 3. The van der Waals surface area contributed by atoms with E-state index in [0.29, 0.717) is 18.1 Å². The van der Waals surface area contributed by atoms with E-state index in [9.17, 15) is 15.0 Å². The highest BCUT2D eigenvalue weighted by Crippen LogP contribution is 2.38. The fraction of sp³-hybridized carbons (Fsp3) is 0.273. The lowest BCUT2D eigenvalue weighted by Gasteiger charge is -2.45. The highest BCUT2D eigenvalue weighted by atomic mass is 35.5. The maximum atomic E-state index is 12.9. The maximum Gasteiger partial charge on any atom is 0.275 e. The van der Waals surface area contributed by atoms with Gasteiger partial charge in [-0.1, -0.05) is 54.1 Å². The number of amides is 1. The minimum Gasteiger partial charge on any atom is -0.507 e. The highest BCUT2D eigenvalue weighted by Gasteiger charge is 2.44. The molecule has 4 rings (SSSR count). The standard InChI is InChI=1S/C22H22ClN3O3/c1-2-25-13-17(26-20(22(25)29)21(28)18(27)12-24-26)19(14-7-4-3-5-8-14)15-9-6-10-16(23)11-15/h3-12,17-19,27-28H,2,13H2,1H3/t17-,18?,19-/m0/s1. The maximum absolute atomic E-state index is 12.9. The molecule has 1 fully saturated rings. The van der Waals surface area contributed by atoms with Crippen molar-refractivity contribution in [3.63, 3.8) is 0 Å². The Hall–Kier alpha value is -2.83. The zero-order chi connectivity index (χ0) is 20.5. The molecule has 1 saturated heterocycles. The fourth-order valence-electron chi connectivity index (χ4n) is 4.03. The lowest BCUT2D eigenvalue weighted by molar-refractivity contribution is -0.134. The zero-order valence-electron chi connectivity index (χ0n) is 15.9. The average Bonchev–Trinajstić information content (AvgIpc) is 2.73. The second kappa shape index (κ2) is 7.89. The highest BCUT2D eigenvalue weighted by molar-refractivity contribution is 6.30. The lowest BCUT2D eigenvalue weighted by atomic mass is 9.83. The van der Waals surface area contributed by atoms with Gasteiger partial charge in [0.15, 0.2) is 11.5 Å². The number of benzene rings is 2. The lowest BCUT2D eigenvalue weighted by Crippen LogP contribution is -2.56. The zero-order valence-corrected chi connectivity index (χ0v) is 16.7. The van der Waals surface area contributed by atoms with Crippen LogP contribution >= 0.6 is 11.6 Å². The van der Waals surface area contributed by atoms with Gasteiger partial charge in [0.1, 0.15) is 6.10 Å². The first-order chi connectivity index (χ1) is 14.0. The van der Waals surface area contributed by atoms with E-state index in [2.05, 4.69) is 5.10 Å². The molecule has 0 aromatic heterocycles. The summed E-state index contributed by atoms with van der Waals surface area (Å²) in [7, 11) is 0. The number of carbonyl (C=O) groups is 1. The predicted octanol–water partition coefficient (Wildman–Crippen LogP) is 3.13. The minimum absolute atomic E-state index is 0.0288. The van der Waals surface area contributed by atoms with Crippen LogP contribution in [0.1, 0.15) is 24.0 Å². The van der Waals surface area contributed by atoms with Crippen molar-refractivity contribution in [3.05, 3.63) is 82.2 Å². The molecule has 2 aliphatic rings. The number of aliphatic hydroxyl groups is 2. The third-order valence-corrected chi connectivity index (χ3v) is 5.66. The Morgan fingerprint density at radius 2 is 1.90 bits per heavy atom. The molecule has 2 heterocycles. The molecule has 150 valence electrons. The molecular formula is C22H22ClN3O3.